The maximum Gasteiger partial charge on any atom is 0.119 e. The van der Waals surface area contributed by atoms with E-state index in [1.165, 1.54) is 5.82 Å². The van der Waals surface area contributed by atoms with Gasteiger partial charge in [0.1, 0.15) is 18.5 Å². The van der Waals surface area contributed by atoms with Gasteiger partial charge < -0.3 is 13.9 Å². The lowest BCUT2D eigenvalue weighted by Crippen LogP contribution is -2.34. The second-order valence-electron chi connectivity index (χ2n) is 5.98. The van der Waals surface area contributed by atoms with Gasteiger partial charge in [-0.3, -0.25) is 0 Å². The molecule has 1 atom stereocenters. The highest BCUT2D eigenvalue weighted by Crippen LogP contribution is 2.34. The summed E-state index contributed by atoms with van der Waals surface area (Å²) in [6.45, 7) is 6.89. The summed E-state index contributed by atoms with van der Waals surface area (Å²) in [5.74, 6) is 1.66. The lowest BCUT2D eigenvalue weighted by Gasteiger charge is -2.35. The zero-order valence-electron chi connectivity index (χ0n) is 12.1. The van der Waals surface area contributed by atoms with Gasteiger partial charge in [0, 0.05) is 38.0 Å². The van der Waals surface area contributed by atoms with Crippen molar-refractivity contribution in [2.75, 3.05) is 6.61 Å². The van der Waals surface area contributed by atoms with E-state index in [1.807, 2.05) is 10.8 Å². The van der Waals surface area contributed by atoms with E-state index >= 15 is 0 Å². The van der Waals surface area contributed by atoms with Crippen molar-refractivity contribution in [3.8, 4) is 0 Å². The molecule has 0 spiro atoms. The van der Waals surface area contributed by atoms with Gasteiger partial charge in [-0.15, -0.1) is 10.2 Å². The van der Waals surface area contributed by atoms with Crippen LogP contribution in [0.4, 0.5) is 0 Å². The molecule has 0 N–H and O–H groups in total. The summed E-state index contributed by atoms with van der Waals surface area (Å²) in [7, 11) is 0. The average Bonchev–Trinajstić information content (AvgIpc) is 3.06. The topological polar surface area (TPSA) is 57.8 Å². The molecule has 1 aliphatic rings. The van der Waals surface area contributed by atoms with Crippen LogP contribution in [0.3, 0.4) is 0 Å². The Morgan fingerprint density at radius 1 is 1.30 bits per heavy atom. The number of aromatic nitrogens is 5. The van der Waals surface area contributed by atoms with Crippen LogP contribution in [0.5, 0.6) is 0 Å². The van der Waals surface area contributed by atoms with Crippen molar-refractivity contribution in [2.45, 2.75) is 51.3 Å². The molecule has 1 unspecified atom stereocenters. The van der Waals surface area contributed by atoms with Crippen LogP contribution >= 0.6 is 0 Å². The summed E-state index contributed by atoms with van der Waals surface area (Å²) >= 11 is 0. The van der Waals surface area contributed by atoms with Crippen LogP contribution in [-0.2, 0) is 17.8 Å². The van der Waals surface area contributed by atoms with Crippen LogP contribution in [0.2, 0.25) is 0 Å². The molecule has 2 aromatic heterocycles. The number of hydrogen-bond acceptors (Lipinski definition) is 4. The molecule has 0 aliphatic carbocycles. The molecule has 6 nitrogen and oxygen atoms in total. The molecular formula is C14H21N5O. The Labute approximate surface area is 118 Å². The van der Waals surface area contributed by atoms with Gasteiger partial charge in [0.2, 0.25) is 0 Å². The molecule has 0 radical (unpaired) electrons. The highest BCUT2D eigenvalue weighted by atomic mass is 16.5. The van der Waals surface area contributed by atoms with Crippen molar-refractivity contribution in [1.29, 1.82) is 0 Å². The van der Waals surface area contributed by atoms with Crippen molar-refractivity contribution >= 4 is 0 Å². The largest absolute Gasteiger partial charge is 0.376 e. The molecule has 20 heavy (non-hydrogen) atoms. The molecule has 2 aromatic rings. The first kappa shape index (κ1) is 13.3. The quantitative estimate of drug-likeness (QED) is 0.854. The van der Waals surface area contributed by atoms with Crippen LogP contribution in [0.15, 0.2) is 25.0 Å². The molecule has 3 heterocycles. The Morgan fingerprint density at radius 3 is 2.85 bits per heavy atom. The lowest BCUT2D eigenvalue weighted by atomic mass is 9.88. The Morgan fingerprint density at radius 2 is 2.10 bits per heavy atom. The van der Waals surface area contributed by atoms with Crippen LogP contribution in [0.25, 0.3) is 0 Å². The number of rotatable bonds is 4. The second kappa shape index (κ2) is 5.36. The fourth-order valence-electron chi connectivity index (χ4n) is 2.88. The average molecular weight is 275 g/mol. The van der Waals surface area contributed by atoms with E-state index in [9.17, 15) is 0 Å². The minimum absolute atomic E-state index is 0.0477. The van der Waals surface area contributed by atoms with Gasteiger partial charge >= 0.3 is 0 Å². The fraction of sp³-hybridized carbons (Fsp3) is 0.643. The summed E-state index contributed by atoms with van der Waals surface area (Å²) in [5.41, 5.74) is -0.0477. The summed E-state index contributed by atoms with van der Waals surface area (Å²) in [5, 5.41) is 7.65. The maximum absolute atomic E-state index is 5.79. The monoisotopic (exact) mass is 275 g/mol. The number of ether oxygens (including phenoxy) is 1. The van der Waals surface area contributed by atoms with E-state index in [0.717, 1.165) is 32.5 Å². The van der Waals surface area contributed by atoms with E-state index in [-0.39, 0.29) is 5.60 Å². The van der Waals surface area contributed by atoms with Crippen molar-refractivity contribution in [2.24, 2.45) is 0 Å². The molecule has 1 aliphatic heterocycles. The molecule has 108 valence electrons. The van der Waals surface area contributed by atoms with Crippen LogP contribution in [-0.4, -0.2) is 36.5 Å². The molecule has 0 aromatic carbocycles. The van der Waals surface area contributed by atoms with Crippen molar-refractivity contribution in [3.05, 3.63) is 30.9 Å². The van der Waals surface area contributed by atoms with E-state index in [0.29, 0.717) is 5.92 Å². The van der Waals surface area contributed by atoms with Gasteiger partial charge in [-0.05, 0) is 26.7 Å². The first-order valence-corrected chi connectivity index (χ1v) is 7.11. The molecule has 0 bridgehead atoms. The highest BCUT2D eigenvalue weighted by Gasteiger charge is 2.31. The van der Waals surface area contributed by atoms with Crippen molar-refractivity contribution in [3.63, 3.8) is 0 Å². The minimum Gasteiger partial charge on any atom is -0.376 e. The molecule has 1 fully saturated rings. The second-order valence-corrected chi connectivity index (χ2v) is 5.98. The van der Waals surface area contributed by atoms with Gasteiger partial charge in [0.05, 0.1) is 5.60 Å². The van der Waals surface area contributed by atoms with Crippen LogP contribution in [0, 0.1) is 0 Å². The number of nitrogens with zero attached hydrogens (tertiary/aromatic N) is 5. The normalized spacial score (nSPS) is 22.0. The summed E-state index contributed by atoms with van der Waals surface area (Å²) in [6, 6.07) is 0. The van der Waals surface area contributed by atoms with Gasteiger partial charge in [0.25, 0.3) is 0 Å². The first-order valence-electron chi connectivity index (χ1n) is 7.11. The van der Waals surface area contributed by atoms with E-state index in [1.54, 1.807) is 12.7 Å². The van der Waals surface area contributed by atoms with Crippen molar-refractivity contribution in [1.82, 2.24) is 24.3 Å². The predicted molar refractivity (Wildman–Crippen MR) is 74.3 cm³/mol. The molecular weight excluding hydrogens is 254 g/mol. The van der Waals surface area contributed by atoms with E-state index < -0.39 is 0 Å². The van der Waals surface area contributed by atoms with Gasteiger partial charge in [-0.25, -0.2) is 4.98 Å². The third-order valence-corrected chi connectivity index (χ3v) is 3.88. The minimum atomic E-state index is -0.0477. The number of hydrogen-bond donors (Lipinski definition) is 0. The van der Waals surface area contributed by atoms with E-state index in [4.69, 9.17) is 4.74 Å². The van der Waals surface area contributed by atoms with Gasteiger partial charge in [0.15, 0.2) is 0 Å². The number of imidazole rings is 1. The lowest BCUT2D eigenvalue weighted by molar-refractivity contribution is -0.0606. The highest BCUT2D eigenvalue weighted by molar-refractivity contribution is 5.04. The first-order chi connectivity index (χ1) is 9.64. The SMILES string of the molecule is CC1(C)CC(c2nccn2CCn2cnnc2)CCO1. The zero-order chi connectivity index (χ0) is 14.0. The van der Waals surface area contributed by atoms with Gasteiger partial charge in [-0.2, -0.15) is 0 Å². The van der Waals surface area contributed by atoms with Gasteiger partial charge in [-0.1, -0.05) is 0 Å². The Bertz CT molecular complexity index is 546. The van der Waals surface area contributed by atoms with Crippen molar-refractivity contribution < 1.29 is 4.74 Å². The van der Waals surface area contributed by atoms with Crippen LogP contribution in [0.1, 0.15) is 38.4 Å². The summed E-state index contributed by atoms with van der Waals surface area (Å²) in [4.78, 5) is 4.57. The Hall–Kier alpha value is -1.69. The predicted octanol–water partition coefficient (Wildman–Crippen LogP) is 1.85. The number of aryl methyl sites for hydroxylation is 2. The maximum atomic E-state index is 5.79. The standard InChI is InChI=1S/C14H21N5O/c1-14(2)9-12(3-8-20-14)13-15-4-5-19(13)7-6-18-10-16-17-11-18/h4-5,10-12H,3,6-9H2,1-2H3. The Kier molecular flexibility index (Phi) is 3.56. The van der Waals surface area contributed by atoms with Crippen LogP contribution < -0.4 is 0 Å². The molecule has 1 saturated heterocycles. The third-order valence-electron chi connectivity index (χ3n) is 3.88. The molecule has 0 amide bonds. The molecule has 3 rings (SSSR count). The Balaban J connectivity index is 1.69. The molecule has 6 heteroatoms. The third kappa shape index (κ3) is 2.90. The molecule has 0 saturated carbocycles. The summed E-state index contributed by atoms with van der Waals surface area (Å²) < 4.78 is 10.0. The van der Waals surface area contributed by atoms with E-state index in [2.05, 4.69) is 39.8 Å². The zero-order valence-corrected chi connectivity index (χ0v) is 12.1. The summed E-state index contributed by atoms with van der Waals surface area (Å²) in [6.07, 6.45) is 9.51. The fourth-order valence-corrected chi connectivity index (χ4v) is 2.88. The smallest absolute Gasteiger partial charge is 0.119 e.